The molecule has 0 unspecified atom stereocenters. The molecule has 2 aromatic carbocycles. The van der Waals surface area contributed by atoms with Crippen LogP contribution in [0.15, 0.2) is 42.5 Å². The first-order valence-corrected chi connectivity index (χ1v) is 12.5. The monoisotopic (exact) mass is 474 g/mol. The molecule has 1 aliphatic rings. The van der Waals surface area contributed by atoms with Crippen LogP contribution in [0.2, 0.25) is 10.0 Å². The topological polar surface area (TPSA) is 75.7 Å². The number of hydrogen-bond acceptors (Lipinski definition) is 5. The number of thioether (sulfide) groups is 1. The number of benzene rings is 2. The van der Waals surface area contributed by atoms with E-state index in [1.165, 1.54) is 4.31 Å². The van der Waals surface area contributed by atoms with Crippen LogP contribution in [-0.4, -0.2) is 45.5 Å². The number of carbonyl (C=O) groups excluding carboxylic acids is 1. The maximum absolute atomic E-state index is 12.5. The van der Waals surface area contributed by atoms with Crippen LogP contribution in [0.3, 0.4) is 0 Å². The van der Waals surface area contributed by atoms with Crippen molar-refractivity contribution in [3.63, 3.8) is 0 Å². The molecule has 1 atom stereocenters. The van der Waals surface area contributed by atoms with Gasteiger partial charge in [0.15, 0.2) is 6.10 Å². The number of ether oxygens (including phenoxy) is 1. The fourth-order valence-corrected chi connectivity index (χ4v) is 5.17. The Bertz CT molecular complexity index is 1000. The van der Waals surface area contributed by atoms with Crippen LogP contribution in [0.1, 0.15) is 5.56 Å². The Morgan fingerprint density at radius 1 is 1.28 bits per heavy atom. The number of rotatable bonds is 7. The molecule has 0 saturated heterocycles. The van der Waals surface area contributed by atoms with E-state index < -0.39 is 16.1 Å². The van der Waals surface area contributed by atoms with E-state index in [-0.39, 0.29) is 12.5 Å². The van der Waals surface area contributed by atoms with Gasteiger partial charge < -0.3 is 10.1 Å². The van der Waals surface area contributed by atoms with E-state index in [1.54, 1.807) is 48.2 Å². The molecular weight excluding hydrogens is 455 g/mol. The molecule has 1 N–H and O–H groups in total. The number of anilines is 1. The molecule has 0 radical (unpaired) electrons. The van der Waals surface area contributed by atoms with Crippen molar-refractivity contribution >= 4 is 56.6 Å². The summed E-state index contributed by atoms with van der Waals surface area (Å²) in [6.45, 7) is 0.365. The van der Waals surface area contributed by atoms with E-state index in [0.717, 1.165) is 11.8 Å². The Kier molecular flexibility index (Phi) is 7.21. The van der Waals surface area contributed by atoms with Crippen LogP contribution in [0.5, 0.6) is 5.75 Å². The van der Waals surface area contributed by atoms with Gasteiger partial charge >= 0.3 is 0 Å². The molecule has 3 rings (SSSR count). The third-order valence-corrected chi connectivity index (χ3v) is 6.99. The Balaban J connectivity index is 1.52. The predicted molar refractivity (Wildman–Crippen MR) is 119 cm³/mol. The quantitative estimate of drug-likeness (QED) is 0.620. The molecule has 1 aliphatic heterocycles. The molecule has 0 spiro atoms. The van der Waals surface area contributed by atoms with Gasteiger partial charge in [0.25, 0.3) is 5.91 Å². The van der Waals surface area contributed by atoms with Gasteiger partial charge in [-0.25, -0.2) is 8.42 Å². The first kappa shape index (κ1) is 22.1. The number of fused-ring (bicyclic) bond motifs is 1. The van der Waals surface area contributed by atoms with Gasteiger partial charge in [-0.3, -0.25) is 9.10 Å². The highest BCUT2D eigenvalue weighted by molar-refractivity contribution is 7.98. The molecule has 2 aromatic rings. The minimum absolute atomic E-state index is 0.0603. The van der Waals surface area contributed by atoms with Gasteiger partial charge in [0.1, 0.15) is 5.75 Å². The van der Waals surface area contributed by atoms with Crippen LogP contribution in [0.25, 0.3) is 0 Å². The normalized spacial score (nSPS) is 16.1. The summed E-state index contributed by atoms with van der Waals surface area (Å²) in [4.78, 5) is 12.5. The van der Waals surface area contributed by atoms with Crippen molar-refractivity contribution < 1.29 is 17.9 Å². The summed E-state index contributed by atoms with van der Waals surface area (Å²) >= 11 is 13.7. The summed E-state index contributed by atoms with van der Waals surface area (Å²) in [7, 11) is -3.53. The lowest BCUT2D eigenvalue weighted by Gasteiger charge is -2.33. The SMILES string of the molecule is CS(=O)(=O)N1C[C@@H](C(=O)NCCSCc2ccc(Cl)cc2Cl)Oc2ccccc21. The van der Waals surface area contributed by atoms with Crippen LogP contribution >= 0.6 is 35.0 Å². The second-order valence-electron chi connectivity index (χ2n) is 6.45. The Morgan fingerprint density at radius 2 is 2.03 bits per heavy atom. The molecule has 6 nitrogen and oxygen atoms in total. The van der Waals surface area contributed by atoms with Crippen LogP contribution < -0.4 is 14.4 Å². The summed E-state index contributed by atoms with van der Waals surface area (Å²) in [6, 6.07) is 12.1. The number of hydrogen-bond donors (Lipinski definition) is 1. The lowest BCUT2D eigenvalue weighted by Crippen LogP contribution is -2.50. The zero-order chi connectivity index (χ0) is 21.0. The number of para-hydroxylation sites is 2. The third kappa shape index (κ3) is 5.72. The summed E-state index contributed by atoms with van der Waals surface area (Å²) < 4.78 is 31.2. The van der Waals surface area contributed by atoms with Crippen molar-refractivity contribution in [3.8, 4) is 5.75 Å². The molecule has 0 fully saturated rings. The van der Waals surface area contributed by atoms with E-state index >= 15 is 0 Å². The Labute approximate surface area is 184 Å². The largest absolute Gasteiger partial charge is 0.476 e. The third-order valence-electron chi connectivity index (χ3n) is 4.25. The summed E-state index contributed by atoms with van der Waals surface area (Å²) in [5.74, 6) is 1.39. The molecule has 29 heavy (non-hydrogen) atoms. The van der Waals surface area contributed by atoms with Crippen LogP contribution in [0, 0.1) is 0 Å². The zero-order valence-electron chi connectivity index (χ0n) is 15.6. The summed E-state index contributed by atoms with van der Waals surface area (Å²) in [5, 5.41) is 4.01. The smallest absolute Gasteiger partial charge is 0.263 e. The maximum atomic E-state index is 12.5. The molecule has 0 aromatic heterocycles. The average molecular weight is 475 g/mol. The van der Waals surface area contributed by atoms with Crippen molar-refractivity contribution in [2.45, 2.75) is 11.9 Å². The van der Waals surface area contributed by atoms with Crippen molar-refractivity contribution in [2.75, 3.05) is 29.4 Å². The molecule has 0 aliphatic carbocycles. The molecule has 1 heterocycles. The highest BCUT2D eigenvalue weighted by Crippen LogP contribution is 2.34. The highest BCUT2D eigenvalue weighted by atomic mass is 35.5. The van der Waals surface area contributed by atoms with Crippen molar-refractivity contribution in [3.05, 3.63) is 58.1 Å². The predicted octanol–water partition coefficient (Wildman–Crippen LogP) is 3.57. The lowest BCUT2D eigenvalue weighted by molar-refractivity contribution is -0.127. The second kappa shape index (κ2) is 9.47. The fourth-order valence-electron chi connectivity index (χ4n) is 2.83. The average Bonchev–Trinajstić information content (AvgIpc) is 2.67. The van der Waals surface area contributed by atoms with Gasteiger partial charge in [0.05, 0.1) is 18.5 Å². The Hall–Kier alpha value is -1.61. The Morgan fingerprint density at radius 3 is 2.76 bits per heavy atom. The molecule has 1 amide bonds. The minimum atomic E-state index is -3.53. The van der Waals surface area contributed by atoms with Crippen LogP contribution in [0.4, 0.5) is 5.69 Å². The molecule has 156 valence electrons. The fraction of sp³-hybridized carbons (Fsp3) is 0.316. The van der Waals surface area contributed by atoms with E-state index in [4.69, 9.17) is 27.9 Å². The number of halogens is 2. The van der Waals surface area contributed by atoms with E-state index in [0.29, 0.717) is 39.5 Å². The van der Waals surface area contributed by atoms with E-state index in [1.807, 2.05) is 6.07 Å². The summed E-state index contributed by atoms with van der Waals surface area (Å²) in [6.07, 6.45) is 0.207. The van der Waals surface area contributed by atoms with E-state index in [2.05, 4.69) is 5.32 Å². The van der Waals surface area contributed by atoms with Gasteiger partial charge in [-0.2, -0.15) is 11.8 Å². The van der Waals surface area contributed by atoms with Crippen molar-refractivity contribution in [1.82, 2.24) is 5.32 Å². The lowest BCUT2D eigenvalue weighted by atomic mass is 10.2. The van der Waals surface area contributed by atoms with Gasteiger partial charge in [-0.15, -0.1) is 0 Å². The molecule has 0 saturated carbocycles. The number of nitrogens with one attached hydrogen (secondary N) is 1. The first-order valence-electron chi connectivity index (χ1n) is 8.78. The standard InChI is InChI=1S/C19H20Cl2N2O4S2/c1-29(25,26)23-11-18(27-17-5-3-2-4-16(17)23)19(24)22-8-9-28-12-13-6-7-14(20)10-15(13)21/h2-7,10,18H,8-9,11-12H2,1H3,(H,22,24)/t18-/m0/s1. The zero-order valence-corrected chi connectivity index (χ0v) is 18.7. The minimum Gasteiger partial charge on any atom is -0.476 e. The van der Waals surface area contributed by atoms with Gasteiger partial charge in [-0.1, -0.05) is 41.4 Å². The van der Waals surface area contributed by atoms with Gasteiger partial charge in [0, 0.05) is 28.1 Å². The number of nitrogens with zero attached hydrogens (tertiary/aromatic N) is 1. The molecule has 0 bridgehead atoms. The summed E-state index contributed by atoms with van der Waals surface area (Å²) in [5.41, 5.74) is 1.41. The van der Waals surface area contributed by atoms with E-state index in [9.17, 15) is 13.2 Å². The number of sulfonamides is 1. The maximum Gasteiger partial charge on any atom is 0.263 e. The van der Waals surface area contributed by atoms with Gasteiger partial charge in [0.2, 0.25) is 10.0 Å². The molecule has 10 heteroatoms. The van der Waals surface area contributed by atoms with Gasteiger partial charge in [-0.05, 0) is 29.8 Å². The molecular formula is C19H20Cl2N2O4S2. The van der Waals surface area contributed by atoms with Crippen molar-refractivity contribution in [2.24, 2.45) is 0 Å². The first-order chi connectivity index (χ1) is 13.8. The second-order valence-corrected chi connectivity index (χ2v) is 10.3. The number of amides is 1. The number of carbonyl (C=O) groups is 1. The highest BCUT2D eigenvalue weighted by Gasteiger charge is 2.34. The van der Waals surface area contributed by atoms with Crippen LogP contribution in [-0.2, 0) is 20.6 Å². The van der Waals surface area contributed by atoms with Crippen molar-refractivity contribution in [1.29, 1.82) is 0 Å².